The predicted octanol–water partition coefficient (Wildman–Crippen LogP) is 3.45. The summed E-state index contributed by atoms with van der Waals surface area (Å²) in [4.78, 5) is 0. The third-order valence-electron chi connectivity index (χ3n) is 2.77. The molecule has 3 nitrogen and oxygen atoms in total. The molecule has 0 aliphatic carbocycles. The number of halogens is 2. The lowest BCUT2D eigenvalue weighted by atomic mass is 10.2. The molecule has 0 N–H and O–H groups in total. The molecule has 1 aromatic heterocycles. The van der Waals surface area contributed by atoms with Crippen LogP contribution in [0.25, 0.3) is 0 Å². The lowest BCUT2D eigenvalue weighted by Crippen LogP contribution is -2.25. The van der Waals surface area contributed by atoms with Gasteiger partial charge < -0.3 is 0 Å². The fraction of sp³-hybridized carbons (Fsp3) is 0.231. The highest BCUT2D eigenvalue weighted by Gasteiger charge is 2.22. The van der Waals surface area contributed by atoms with E-state index in [1.165, 1.54) is 23.5 Å². The summed E-state index contributed by atoms with van der Waals surface area (Å²) in [6.07, 6.45) is 0. The Hall–Kier alpha value is -0.950. The Morgan fingerprint density at radius 1 is 1.25 bits per heavy atom. The molecule has 7 heteroatoms. The van der Waals surface area contributed by atoms with E-state index in [0.29, 0.717) is 0 Å². The van der Waals surface area contributed by atoms with Crippen LogP contribution in [0.3, 0.4) is 0 Å². The number of alkyl halides is 1. The number of nitrogens with zero attached hydrogens (tertiary/aromatic N) is 1. The van der Waals surface area contributed by atoms with Gasteiger partial charge in [-0.05, 0) is 34.7 Å². The second-order valence-corrected chi connectivity index (χ2v) is 7.75. The SMILES string of the molecule is CN(Cc1ccc(F)cc1)S(=O)(=O)c1cc(CCl)cs1. The molecule has 0 aliphatic rings. The molecule has 0 aliphatic heterocycles. The van der Waals surface area contributed by atoms with E-state index >= 15 is 0 Å². The highest BCUT2D eigenvalue weighted by atomic mass is 35.5. The molecule has 0 radical (unpaired) electrons. The summed E-state index contributed by atoms with van der Waals surface area (Å²) in [5.41, 5.74) is 1.51. The Morgan fingerprint density at radius 3 is 2.45 bits per heavy atom. The number of sulfonamides is 1. The maximum atomic E-state index is 12.8. The molecule has 2 aromatic rings. The minimum atomic E-state index is -3.54. The normalized spacial score (nSPS) is 12.0. The molecule has 1 aromatic carbocycles. The van der Waals surface area contributed by atoms with Crippen LogP contribution in [0, 0.1) is 5.82 Å². The summed E-state index contributed by atoms with van der Waals surface area (Å²) in [5.74, 6) is -0.0579. The zero-order chi connectivity index (χ0) is 14.8. The molecule has 0 amide bonds. The highest BCUT2D eigenvalue weighted by molar-refractivity contribution is 7.91. The number of thiophene rings is 1. The van der Waals surface area contributed by atoms with Gasteiger partial charge in [-0.3, -0.25) is 0 Å². The third kappa shape index (κ3) is 3.38. The Morgan fingerprint density at radius 2 is 1.90 bits per heavy atom. The van der Waals surface area contributed by atoms with Gasteiger partial charge in [0, 0.05) is 19.5 Å². The highest BCUT2D eigenvalue weighted by Crippen LogP contribution is 2.25. The van der Waals surface area contributed by atoms with Gasteiger partial charge in [0.25, 0.3) is 10.0 Å². The Bertz CT molecular complexity index is 683. The van der Waals surface area contributed by atoms with Crippen LogP contribution in [-0.4, -0.2) is 19.8 Å². The second-order valence-electron chi connectivity index (χ2n) is 4.30. The minimum absolute atomic E-state index is 0.191. The van der Waals surface area contributed by atoms with E-state index in [2.05, 4.69) is 0 Å². The zero-order valence-corrected chi connectivity index (χ0v) is 13.1. The van der Waals surface area contributed by atoms with E-state index in [9.17, 15) is 12.8 Å². The van der Waals surface area contributed by atoms with E-state index in [-0.39, 0.29) is 22.5 Å². The molecule has 0 bridgehead atoms. The van der Waals surface area contributed by atoms with Gasteiger partial charge >= 0.3 is 0 Å². The molecule has 108 valence electrons. The maximum absolute atomic E-state index is 12.8. The van der Waals surface area contributed by atoms with Gasteiger partial charge in [-0.1, -0.05) is 12.1 Å². The van der Waals surface area contributed by atoms with Crippen LogP contribution in [0.1, 0.15) is 11.1 Å². The van der Waals surface area contributed by atoms with Crippen molar-refractivity contribution in [1.82, 2.24) is 4.31 Å². The molecular weight excluding hydrogens is 321 g/mol. The predicted molar refractivity (Wildman–Crippen MR) is 78.9 cm³/mol. The van der Waals surface area contributed by atoms with E-state index in [1.54, 1.807) is 23.6 Å². The van der Waals surface area contributed by atoms with Gasteiger partial charge in [0.2, 0.25) is 0 Å². The summed E-state index contributed by atoms with van der Waals surface area (Å²) in [6.45, 7) is 0.191. The fourth-order valence-electron chi connectivity index (χ4n) is 1.64. The lowest BCUT2D eigenvalue weighted by molar-refractivity contribution is 0.468. The van der Waals surface area contributed by atoms with E-state index < -0.39 is 10.0 Å². The summed E-state index contributed by atoms with van der Waals surface area (Å²) in [5, 5.41) is 1.73. The second kappa shape index (κ2) is 6.22. The molecule has 0 saturated heterocycles. The maximum Gasteiger partial charge on any atom is 0.252 e. The largest absolute Gasteiger partial charge is 0.252 e. The average Bonchev–Trinajstić information content (AvgIpc) is 2.90. The topological polar surface area (TPSA) is 37.4 Å². The lowest BCUT2D eigenvalue weighted by Gasteiger charge is -2.16. The monoisotopic (exact) mass is 333 g/mol. The van der Waals surface area contributed by atoms with Crippen LogP contribution in [0.2, 0.25) is 0 Å². The molecule has 0 spiro atoms. The minimum Gasteiger partial charge on any atom is -0.207 e. The first-order valence-electron chi connectivity index (χ1n) is 5.77. The van der Waals surface area contributed by atoms with Crippen LogP contribution < -0.4 is 0 Å². The molecule has 2 rings (SSSR count). The van der Waals surface area contributed by atoms with Gasteiger partial charge in [0.1, 0.15) is 10.0 Å². The van der Waals surface area contributed by atoms with Crippen molar-refractivity contribution < 1.29 is 12.8 Å². The van der Waals surface area contributed by atoms with Crippen molar-refractivity contribution in [2.24, 2.45) is 0 Å². The quantitative estimate of drug-likeness (QED) is 0.786. The Kier molecular flexibility index (Phi) is 4.80. The van der Waals surface area contributed by atoms with Crippen molar-refractivity contribution >= 4 is 33.0 Å². The Balaban J connectivity index is 2.18. The molecule has 0 unspecified atom stereocenters. The van der Waals surface area contributed by atoms with Crippen molar-refractivity contribution in [3.8, 4) is 0 Å². The van der Waals surface area contributed by atoms with Crippen LogP contribution in [0.4, 0.5) is 4.39 Å². The van der Waals surface area contributed by atoms with Gasteiger partial charge in [-0.2, -0.15) is 4.31 Å². The van der Waals surface area contributed by atoms with Crippen molar-refractivity contribution in [2.75, 3.05) is 7.05 Å². The van der Waals surface area contributed by atoms with E-state index in [0.717, 1.165) is 22.5 Å². The molecule has 0 fully saturated rings. The summed E-state index contributed by atoms with van der Waals surface area (Å²) in [6, 6.07) is 7.34. The fourth-order valence-corrected chi connectivity index (χ4v) is 4.47. The molecule has 0 atom stereocenters. The van der Waals surface area contributed by atoms with Gasteiger partial charge in [-0.25, -0.2) is 12.8 Å². The molecular formula is C13H13ClFNO2S2. The first kappa shape index (κ1) is 15.4. The smallest absolute Gasteiger partial charge is 0.207 e. The van der Waals surface area contributed by atoms with Crippen LogP contribution >= 0.6 is 22.9 Å². The zero-order valence-electron chi connectivity index (χ0n) is 10.7. The standard InChI is InChI=1S/C13H13ClFNO2S2/c1-16(8-10-2-4-12(15)5-3-10)20(17,18)13-6-11(7-14)9-19-13/h2-6,9H,7-8H2,1H3. The van der Waals surface area contributed by atoms with Crippen molar-refractivity contribution in [2.45, 2.75) is 16.6 Å². The van der Waals surface area contributed by atoms with Gasteiger partial charge in [0.05, 0.1) is 0 Å². The number of hydrogen-bond donors (Lipinski definition) is 0. The van der Waals surface area contributed by atoms with Crippen molar-refractivity contribution in [3.05, 3.63) is 52.7 Å². The summed E-state index contributed by atoms with van der Waals surface area (Å²) < 4.78 is 39.0. The first-order valence-corrected chi connectivity index (χ1v) is 8.63. The number of rotatable bonds is 5. The third-order valence-corrected chi connectivity index (χ3v) is 6.34. The molecule has 20 heavy (non-hydrogen) atoms. The van der Waals surface area contributed by atoms with E-state index in [1.807, 2.05) is 0 Å². The van der Waals surface area contributed by atoms with Crippen molar-refractivity contribution in [1.29, 1.82) is 0 Å². The van der Waals surface area contributed by atoms with Crippen LogP contribution in [-0.2, 0) is 22.4 Å². The van der Waals surface area contributed by atoms with Gasteiger partial charge in [-0.15, -0.1) is 22.9 Å². The van der Waals surface area contributed by atoms with Crippen LogP contribution in [0.15, 0.2) is 39.9 Å². The number of hydrogen-bond acceptors (Lipinski definition) is 3. The first-order chi connectivity index (χ1) is 9.43. The van der Waals surface area contributed by atoms with E-state index in [4.69, 9.17) is 11.6 Å². The number of benzene rings is 1. The Labute approximate surface area is 126 Å². The molecule has 1 heterocycles. The summed E-state index contributed by atoms with van der Waals surface area (Å²) in [7, 11) is -2.04. The van der Waals surface area contributed by atoms with Crippen LogP contribution in [0.5, 0.6) is 0 Å². The summed E-state index contributed by atoms with van der Waals surface area (Å²) >= 11 is 6.83. The van der Waals surface area contributed by atoms with Gasteiger partial charge in [0.15, 0.2) is 0 Å². The van der Waals surface area contributed by atoms with Crippen molar-refractivity contribution in [3.63, 3.8) is 0 Å². The molecule has 0 saturated carbocycles. The average molecular weight is 334 g/mol.